The molecule has 2 aromatic rings. The van der Waals surface area contributed by atoms with Crippen LogP contribution < -0.4 is 10.5 Å². The van der Waals surface area contributed by atoms with Gasteiger partial charge in [0.05, 0.1) is 10.5 Å². The zero-order valence-corrected chi connectivity index (χ0v) is 18.4. The molecule has 0 radical (unpaired) electrons. The fraction of sp³-hybridized carbons (Fsp3) is 0.429. The van der Waals surface area contributed by atoms with Gasteiger partial charge in [0, 0.05) is 25.3 Å². The van der Waals surface area contributed by atoms with Crippen molar-refractivity contribution in [3.63, 3.8) is 0 Å². The standard InChI is InChI=1S/C21H24N4O2S2/c1-13(2)25-20(27)16(29-21(25)28)11-15-18(23-9-6-7-14(3)12-23)22-17-8-4-5-10-24(17)19(15)26/h4-5,8,10-11,13-14H,6-7,9,12H2,1-3H3/b16-11-. The van der Waals surface area contributed by atoms with Crippen molar-refractivity contribution in [1.82, 2.24) is 14.3 Å². The van der Waals surface area contributed by atoms with E-state index in [9.17, 15) is 9.59 Å². The highest BCUT2D eigenvalue weighted by Crippen LogP contribution is 2.35. The van der Waals surface area contributed by atoms with Gasteiger partial charge in [0.2, 0.25) is 0 Å². The second kappa shape index (κ2) is 7.91. The minimum absolute atomic E-state index is 0.0216. The number of rotatable bonds is 3. The number of aromatic nitrogens is 2. The van der Waals surface area contributed by atoms with Gasteiger partial charge in [-0.15, -0.1) is 0 Å². The summed E-state index contributed by atoms with van der Waals surface area (Å²) in [5.41, 5.74) is 0.892. The third-order valence-electron chi connectivity index (χ3n) is 5.32. The highest BCUT2D eigenvalue weighted by molar-refractivity contribution is 8.26. The highest BCUT2D eigenvalue weighted by Gasteiger charge is 2.34. The minimum atomic E-state index is -0.168. The van der Waals surface area contributed by atoms with Crippen molar-refractivity contribution in [2.45, 2.75) is 39.7 Å². The number of hydrogen-bond acceptors (Lipinski definition) is 6. The first-order valence-corrected chi connectivity index (χ1v) is 11.1. The van der Waals surface area contributed by atoms with E-state index in [2.05, 4.69) is 11.8 Å². The summed E-state index contributed by atoms with van der Waals surface area (Å²) < 4.78 is 2.06. The van der Waals surface area contributed by atoms with E-state index >= 15 is 0 Å². The number of hydrogen-bond donors (Lipinski definition) is 0. The lowest BCUT2D eigenvalue weighted by Gasteiger charge is -2.32. The predicted molar refractivity (Wildman–Crippen MR) is 122 cm³/mol. The van der Waals surface area contributed by atoms with E-state index in [1.165, 1.54) is 22.6 Å². The minimum Gasteiger partial charge on any atom is -0.356 e. The molecule has 2 fully saturated rings. The van der Waals surface area contributed by atoms with Crippen LogP contribution in [0.25, 0.3) is 11.7 Å². The number of thiocarbonyl (C=S) groups is 1. The van der Waals surface area contributed by atoms with Crippen molar-refractivity contribution < 1.29 is 4.79 Å². The summed E-state index contributed by atoms with van der Waals surface area (Å²) in [6, 6.07) is 5.49. The van der Waals surface area contributed by atoms with Crippen LogP contribution in [0.3, 0.4) is 0 Å². The average Bonchev–Trinajstić information content (AvgIpc) is 2.97. The Hall–Kier alpha value is -2.19. The zero-order chi connectivity index (χ0) is 20.7. The maximum atomic E-state index is 13.3. The Balaban J connectivity index is 1.88. The third-order valence-corrected chi connectivity index (χ3v) is 6.65. The fourth-order valence-corrected chi connectivity index (χ4v) is 5.40. The molecule has 0 aromatic carbocycles. The van der Waals surface area contributed by atoms with Gasteiger partial charge in [0.25, 0.3) is 11.5 Å². The van der Waals surface area contributed by atoms with E-state index in [1.807, 2.05) is 26.0 Å². The Labute approximate surface area is 179 Å². The number of amides is 1. The van der Waals surface area contributed by atoms with Crippen molar-refractivity contribution in [2.24, 2.45) is 5.92 Å². The van der Waals surface area contributed by atoms with Crippen molar-refractivity contribution in [3.05, 3.63) is 45.2 Å². The number of nitrogens with zero attached hydrogens (tertiary/aromatic N) is 4. The van der Waals surface area contributed by atoms with E-state index < -0.39 is 0 Å². The van der Waals surface area contributed by atoms with Gasteiger partial charge in [-0.1, -0.05) is 37.0 Å². The first-order valence-electron chi connectivity index (χ1n) is 9.90. The maximum Gasteiger partial charge on any atom is 0.267 e. The number of piperidine rings is 1. The predicted octanol–water partition coefficient (Wildman–Crippen LogP) is 3.54. The molecule has 0 spiro atoms. The molecule has 4 rings (SSSR count). The van der Waals surface area contributed by atoms with Gasteiger partial charge >= 0.3 is 0 Å². The van der Waals surface area contributed by atoms with Crippen LogP contribution in [0.4, 0.5) is 5.82 Å². The summed E-state index contributed by atoms with van der Waals surface area (Å²) in [5, 5.41) is 0. The number of thioether (sulfide) groups is 1. The second-order valence-corrected chi connectivity index (χ2v) is 9.60. The molecule has 8 heteroatoms. The highest BCUT2D eigenvalue weighted by atomic mass is 32.2. The van der Waals surface area contributed by atoms with Crippen molar-refractivity contribution in [2.75, 3.05) is 18.0 Å². The molecule has 2 saturated heterocycles. The molecule has 0 saturated carbocycles. The fourth-order valence-electron chi connectivity index (χ4n) is 3.90. The Bertz CT molecular complexity index is 1080. The quantitative estimate of drug-likeness (QED) is 0.551. The normalized spacial score (nSPS) is 21.8. The van der Waals surface area contributed by atoms with Gasteiger partial charge in [0.15, 0.2) is 0 Å². The van der Waals surface area contributed by atoms with Crippen LogP contribution in [0.2, 0.25) is 0 Å². The van der Waals surface area contributed by atoms with Crippen LogP contribution in [0, 0.1) is 5.92 Å². The lowest BCUT2D eigenvalue weighted by molar-refractivity contribution is -0.123. The van der Waals surface area contributed by atoms with E-state index in [0.717, 1.165) is 19.5 Å². The van der Waals surface area contributed by atoms with E-state index in [1.54, 1.807) is 23.2 Å². The average molecular weight is 429 g/mol. The molecule has 0 aliphatic carbocycles. The van der Waals surface area contributed by atoms with Crippen LogP contribution in [-0.4, -0.2) is 43.6 Å². The third kappa shape index (κ3) is 3.71. The van der Waals surface area contributed by atoms with Gasteiger partial charge in [-0.2, -0.15) is 0 Å². The monoisotopic (exact) mass is 428 g/mol. The molecule has 29 heavy (non-hydrogen) atoms. The molecule has 0 N–H and O–H groups in total. The Morgan fingerprint density at radius 1 is 1.31 bits per heavy atom. The molecule has 6 nitrogen and oxygen atoms in total. The first-order chi connectivity index (χ1) is 13.9. The van der Waals surface area contributed by atoms with Crippen molar-refractivity contribution in [3.8, 4) is 0 Å². The van der Waals surface area contributed by atoms with Crippen molar-refractivity contribution in [1.29, 1.82) is 0 Å². The molecule has 152 valence electrons. The summed E-state index contributed by atoms with van der Waals surface area (Å²) in [4.78, 5) is 35.3. The molecule has 2 aliphatic heterocycles. The number of carbonyl (C=O) groups excluding carboxylic acids is 1. The summed E-state index contributed by atoms with van der Waals surface area (Å²) in [5.74, 6) is 1.04. The van der Waals surface area contributed by atoms with Gasteiger partial charge < -0.3 is 4.90 Å². The largest absolute Gasteiger partial charge is 0.356 e. The molecule has 1 unspecified atom stereocenters. The molecule has 1 atom stereocenters. The molecule has 2 aliphatic rings. The molecular formula is C21H24N4O2S2. The molecule has 0 bridgehead atoms. The van der Waals surface area contributed by atoms with Crippen molar-refractivity contribution >= 4 is 51.7 Å². The SMILES string of the molecule is CC1CCCN(c2nc3ccccn3c(=O)c2/C=C2\SC(=S)N(C(C)C)C2=O)C1. The van der Waals surface area contributed by atoms with E-state index in [4.69, 9.17) is 17.2 Å². The number of anilines is 1. The molecular weight excluding hydrogens is 404 g/mol. The van der Waals surface area contributed by atoms with Crippen LogP contribution in [0.1, 0.15) is 39.2 Å². The molecule has 2 aromatic heterocycles. The lowest BCUT2D eigenvalue weighted by atomic mass is 10.00. The second-order valence-electron chi connectivity index (χ2n) is 7.92. The zero-order valence-electron chi connectivity index (χ0n) is 16.8. The van der Waals surface area contributed by atoms with Gasteiger partial charge in [-0.3, -0.25) is 18.9 Å². The van der Waals surface area contributed by atoms with Crippen LogP contribution in [-0.2, 0) is 4.79 Å². The smallest absolute Gasteiger partial charge is 0.267 e. The first kappa shape index (κ1) is 20.1. The van der Waals surface area contributed by atoms with Gasteiger partial charge in [-0.05, 0) is 50.8 Å². The number of fused-ring (bicyclic) bond motifs is 1. The molecule has 4 heterocycles. The summed E-state index contributed by atoms with van der Waals surface area (Å²) in [7, 11) is 0. The Kier molecular flexibility index (Phi) is 5.48. The maximum absolute atomic E-state index is 13.3. The van der Waals surface area contributed by atoms with Crippen LogP contribution in [0.15, 0.2) is 34.1 Å². The van der Waals surface area contributed by atoms with Gasteiger partial charge in [-0.25, -0.2) is 4.98 Å². The van der Waals surface area contributed by atoms with E-state index in [0.29, 0.717) is 32.2 Å². The van der Waals surface area contributed by atoms with Gasteiger partial charge in [0.1, 0.15) is 15.8 Å². The summed E-state index contributed by atoms with van der Waals surface area (Å²) in [6.07, 6.45) is 5.63. The Morgan fingerprint density at radius 3 is 2.79 bits per heavy atom. The van der Waals surface area contributed by atoms with Crippen LogP contribution in [0.5, 0.6) is 0 Å². The number of pyridine rings is 1. The lowest BCUT2D eigenvalue weighted by Crippen LogP contribution is -2.37. The summed E-state index contributed by atoms with van der Waals surface area (Å²) >= 11 is 6.64. The number of carbonyl (C=O) groups is 1. The molecule has 1 amide bonds. The van der Waals surface area contributed by atoms with Crippen LogP contribution >= 0.6 is 24.0 Å². The summed E-state index contributed by atoms with van der Waals surface area (Å²) in [6.45, 7) is 7.78. The van der Waals surface area contributed by atoms with E-state index in [-0.39, 0.29) is 17.5 Å². The Morgan fingerprint density at radius 2 is 2.10 bits per heavy atom. The topological polar surface area (TPSA) is 57.9 Å².